The van der Waals surface area contributed by atoms with Crippen LogP contribution in [0.15, 0.2) is 11.4 Å². The maximum Gasteiger partial charge on any atom is 0.0593 e. The van der Waals surface area contributed by atoms with Gasteiger partial charge in [-0.2, -0.15) is 0 Å². The molecule has 0 radical (unpaired) electrons. The van der Waals surface area contributed by atoms with E-state index < -0.39 is 0 Å². The van der Waals surface area contributed by atoms with Crippen molar-refractivity contribution >= 4 is 22.9 Å². The Morgan fingerprint density at radius 1 is 1.62 bits per heavy atom. The second-order valence-electron chi connectivity index (χ2n) is 4.20. The minimum Gasteiger partial charge on any atom is -0.378 e. The number of hydrogen-bond acceptors (Lipinski definition) is 3. The van der Waals surface area contributed by atoms with Gasteiger partial charge in [0.25, 0.3) is 0 Å². The number of ether oxygens (including phenoxy) is 1. The summed E-state index contributed by atoms with van der Waals surface area (Å²) in [5.41, 5.74) is 0. The Kier molecular flexibility index (Phi) is 4.65. The van der Waals surface area contributed by atoms with Gasteiger partial charge in [0.2, 0.25) is 0 Å². The van der Waals surface area contributed by atoms with Gasteiger partial charge in [0.1, 0.15) is 0 Å². The Balaban J connectivity index is 1.97. The first-order valence-electron chi connectivity index (χ1n) is 5.83. The molecule has 2 nitrogen and oxygen atoms in total. The Morgan fingerprint density at radius 2 is 2.50 bits per heavy atom. The lowest BCUT2D eigenvalue weighted by Crippen LogP contribution is -2.26. The molecule has 2 rings (SSSR count). The molecule has 1 aromatic heterocycles. The van der Waals surface area contributed by atoms with Crippen LogP contribution in [-0.4, -0.2) is 19.8 Å². The summed E-state index contributed by atoms with van der Waals surface area (Å²) in [6.07, 6.45) is 5.10. The quantitative estimate of drug-likeness (QED) is 0.892. The highest BCUT2D eigenvalue weighted by molar-refractivity contribution is 7.10. The monoisotopic (exact) mass is 259 g/mol. The first kappa shape index (κ1) is 12.4. The molecule has 0 aliphatic carbocycles. The van der Waals surface area contributed by atoms with Gasteiger partial charge in [-0.3, -0.25) is 0 Å². The van der Waals surface area contributed by atoms with E-state index in [2.05, 4.69) is 5.32 Å². The molecule has 2 atom stereocenters. The minimum absolute atomic E-state index is 0.329. The molecule has 1 saturated heterocycles. The topological polar surface area (TPSA) is 21.3 Å². The van der Waals surface area contributed by atoms with Gasteiger partial charge in [-0.1, -0.05) is 11.6 Å². The third-order valence-electron chi connectivity index (χ3n) is 3.08. The molecule has 1 aliphatic rings. The largest absolute Gasteiger partial charge is 0.378 e. The zero-order valence-electron chi connectivity index (χ0n) is 9.54. The van der Waals surface area contributed by atoms with E-state index in [0.29, 0.717) is 12.1 Å². The second-order valence-corrected chi connectivity index (χ2v) is 5.55. The van der Waals surface area contributed by atoms with Crippen LogP contribution in [0.3, 0.4) is 0 Å². The van der Waals surface area contributed by atoms with Crippen LogP contribution in [-0.2, 0) is 4.74 Å². The van der Waals surface area contributed by atoms with Crippen LogP contribution in [0.1, 0.15) is 36.6 Å². The van der Waals surface area contributed by atoms with E-state index in [9.17, 15) is 0 Å². The van der Waals surface area contributed by atoms with Gasteiger partial charge in [0, 0.05) is 17.5 Å². The highest BCUT2D eigenvalue weighted by Gasteiger charge is 2.21. The van der Waals surface area contributed by atoms with E-state index in [1.165, 1.54) is 24.1 Å². The maximum atomic E-state index is 6.16. The van der Waals surface area contributed by atoms with Crippen LogP contribution in [0.5, 0.6) is 0 Å². The molecule has 2 heterocycles. The van der Waals surface area contributed by atoms with Crippen molar-refractivity contribution in [1.82, 2.24) is 5.32 Å². The number of hydrogen-bond donors (Lipinski definition) is 1. The molecular formula is C12H18ClNOS. The Labute approximate surface area is 106 Å². The van der Waals surface area contributed by atoms with E-state index >= 15 is 0 Å². The van der Waals surface area contributed by atoms with Crippen LogP contribution >= 0.6 is 22.9 Å². The summed E-state index contributed by atoms with van der Waals surface area (Å²) in [6.45, 7) is 0.916. The zero-order valence-corrected chi connectivity index (χ0v) is 11.1. The fourth-order valence-electron chi connectivity index (χ4n) is 2.17. The second kappa shape index (κ2) is 6.01. The fourth-order valence-corrected chi connectivity index (χ4v) is 3.48. The van der Waals surface area contributed by atoms with E-state index in [4.69, 9.17) is 16.3 Å². The first-order chi connectivity index (χ1) is 7.81. The molecule has 0 saturated carbocycles. The zero-order chi connectivity index (χ0) is 11.4. The van der Waals surface area contributed by atoms with Crippen LogP contribution < -0.4 is 5.32 Å². The molecule has 2 unspecified atom stereocenters. The summed E-state index contributed by atoms with van der Waals surface area (Å²) in [6, 6.07) is 2.30. The van der Waals surface area contributed by atoms with Crippen molar-refractivity contribution in [2.45, 2.75) is 37.8 Å². The smallest absolute Gasteiger partial charge is 0.0593 e. The fraction of sp³-hybridized carbons (Fsp3) is 0.667. The molecule has 0 bridgehead atoms. The predicted molar refractivity (Wildman–Crippen MR) is 69.3 cm³/mol. The van der Waals surface area contributed by atoms with Crippen LogP contribution in [0, 0.1) is 0 Å². The normalized spacial score (nSPS) is 23.2. The van der Waals surface area contributed by atoms with Crippen LogP contribution in [0.4, 0.5) is 0 Å². The van der Waals surface area contributed by atoms with E-state index in [1.807, 2.05) is 18.5 Å². The van der Waals surface area contributed by atoms with Gasteiger partial charge < -0.3 is 10.1 Å². The van der Waals surface area contributed by atoms with Crippen molar-refractivity contribution in [1.29, 1.82) is 0 Å². The highest BCUT2D eigenvalue weighted by Crippen LogP contribution is 2.32. The van der Waals surface area contributed by atoms with Crippen LogP contribution in [0.2, 0.25) is 5.02 Å². The van der Waals surface area contributed by atoms with Crippen molar-refractivity contribution in [2.75, 3.05) is 13.7 Å². The average molecular weight is 260 g/mol. The first-order valence-corrected chi connectivity index (χ1v) is 7.08. The molecule has 4 heteroatoms. The average Bonchev–Trinajstić information content (AvgIpc) is 2.74. The highest BCUT2D eigenvalue weighted by atomic mass is 35.5. The molecule has 90 valence electrons. The molecule has 0 spiro atoms. The Morgan fingerprint density at radius 3 is 3.06 bits per heavy atom. The lowest BCUT2D eigenvalue weighted by Gasteiger charge is -2.26. The molecular weight excluding hydrogens is 242 g/mol. The summed E-state index contributed by atoms with van der Waals surface area (Å²) in [7, 11) is 1.99. The van der Waals surface area contributed by atoms with Gasteiger partial charge in [0.05, 0.1) is 11.1 Å². The van der Waals surface area contributed by atoms with Gasteiger partial charge in [0.15, 0.2) is 0 Å². The third kappa shape index (κ3) is 2.98. The van der Waals surface area contributed by atoms with Crippen molar-refractivity contribution in [3.8, 4) is 0 Å². The van der Waals surface area contributed by atoms with Crippen molar-refractivity contribution < 1.29 is 4.74 Å². The Hall–Kier alpha value is -0.0900. The summed E-state index contributed by atoms with van der Waals surface area (Å²) in [5, 5.41) is 6.26. The van der Waals surface area contributed by atoms with Gasteiger partial charge in [-0.15, -0.1) is 11.3 Å². The van der Waals surface area contributed by atoms with Gasteiger partial charge >= 0.3 is 0 Å². The molecule has 1 aromatic rings. The lowest BCUT2D eigenvalue weighted by atomic mass is 10.0. The molecule has 1 aliphatic heterocycles. The SMILES string of the molecule is CNC(CC1CCCCO1)c1sccc1Cl. The summed E-state index contributed by atoms with van der Waals surface area (Å²) in [4.78, 5) is 1.23. The minimum atomic E-state index is 0.329. The van der Waals surface area contributed by atoms with Crippen molar-refractivity contribution in [3.05, 3.63) is 21.3 Å². The number of halogens is 1. The standard InChI is InChI=1S/C12H18ClNOS/c1-14-11(12-10(13)5-7-16-12)8-9-4-2-3-6-15-9/h5,7,9,11,14H,2-4,6,8H2,1H3. The van der Waals surface area contributed by atoms with Gasteiger partial charge in [-0.25, -0.2) is 0 Å². The van der Waals surface area contributed by atoms with Crippen LogP contribution in [0.25, 0.3) is 0 Å². The summed E-state index contributed by atoms with van der Waals surface area (Å²) < 4.78 is 5.77. The van der Waals surface area contributed by atoms with Crippen molar-refractivity contribution in [3.63, 3.8) is 0 Å². The molecule has 0 aromatic carbocycles. The van der Waals surface area contributed by atoms with E-state index in [-0.39, 0.29) is 0 Å². The molecule has 0 amide bonds. The van der Waals surface area contributed by atoms with Crippen molar-refractivity contribution in [2.24, 2.45) is 0 Å². The predicted octanol–water partition coefficient (Wildman–Crippen LogP) is 3.62. The third-order valence-corrected chi connectivity index (χ3v) is 4.55. The van der Waals surface area contributed by atoms with E-state index in [0.717, 1.165) is 18.1 Å². The van der Waals surface area contributed by atoms with Gasteiger partial charge in [-0.05, 0) is 44.2 Å². The summed E-state index contributed by atoms with van der Waals surface area (Å²) >= 11 is 7.88. The molecule has 1 fully saturated rings. The molecule has 1 N–H and O–H groups in total. The number of nitrogens with one attached hydrogen (secondary N) is 1. The van der Waals surface area contributed by atoms with E-state index in [1.54, 1.807) is 11.3 Å². The lowest BCUT2D eigenvalue weighted by molar-refractivity contribution is 0.00569. The Bertz CT molecular complexity index is 323. The molecule has 16 heavy (non-hydrogen) atoms. The summed E-state index contributed by atoms with van der Waals surface area (Å²) in [5.74, 6) is 0. The number of rotatable bonds is 4. The maximum absolute atomic E-state index is 6.16. The number of thiophene rings is 1.